The van der Waals surface area contributed by atoms with Gasteiger partial charge in [0.25, 0.3) is 0 Å². The van der Waals surface area contributed by atoms with Crippen molar-refractivity contribution in [1.29, 1.82) is 0 Å². The van der Waals surface area contributed by atoms with Gasteiger partial charge in [-0.15, -0.1) is 0 Å². The van der Waals surface area contributed by atoms with E-state index in [4.69, 9.17) is 5.11 Å². The number of hydrogen-bond acceptors (Lipinski definition) is 5. The Hall–Kier alpha value is -2.96. The van der Waals surface area contributed by atoms with Crippen molar-refractivity contribution in [2.75, 3.05) is 5.32 Å². The second-order valence-electron chi connectivity index (χ2n) is 5.51. The Morgan fingerprint density at radius 3 is 2.91 bits per heavy atom. The van der Waals surface area contributed by atoms with Gasteiger partial charge in [0, 0.05) is 34.3 Å². The largest absolute Gasteiger partial charge is 0.563 e. The highest BCUT2D eigenvalue weighted by Gasteiger charge is 2.38. The molecule has 7 heteroatoms. The molecular formula is C16H18N5O2+. The Bertz CT molecular complexity index is 860. The summed E-state index contributed by atoms with van der Waals surface area (Å²) in [6.07, 6.45) is 5.65. The van der Waals surface area contributed by atoms with Gasteiger partial charge in [0.05, 0.1) is 0 Å². The van der Waals surface area contributed by atoms with E-state index in [1.165, 1.54) is 0 Å². The van der Waals surface area contributed by atoms with Gasteiger partial charge in [0.1, 0.15) is 11.5 Å². The molecule has 0 bridgehead atoms. The molecule has 4 N–H and O–H groups in total. The number of rotatable bonds is 5. The molecule has 7 nitrogen and oxygen atoms in total. The summed E-state index contributed by atoms with van der Waals surface area (Å²) in [6, 6.07) is 5.49. The van der Waals surface area contributed by atoms with Crippen LogP contribution in [0, 0.1) is 0 Å². The Kier molecular flexibility index (Phi) is 3.69. The summed E-state index contributed by atoms with van der Waals surface area (Å²) in [7, 11) is 0. The van der Waals surface area contributed by atoms with Gasteiger partial charge in [0.15, 0.2) is 11.4 Å². The smallest absolute Gasteiger partial charge is 0.541 e. The Balaban J connectivity index is 1.99. The van der Waals surface area contributed by atoms with Crippen LogP contribution in [-0.2, 0) is 4.79 Å². The zero-order valence-electron chi connectivity index (χ0n) is 12.9. The molecular weight excluding hydrogens is 294 g/mol. The van der Waals surface area contributed by atoms with Crippen LogP contribution in [0.4, 0.5) is 5.82 Å². The van der Waals surface area contributed by atoms with E-state index in [9.17, 15) is 4.79 Å². The van der Waals surface area contributed by atoms with Crippen LogP contribution in [0.1, 0.15) is 20.3 Å². The summed E-state index contributed by atoms with van der Waals surface area (Å²) < 4.78 is 0. The fourth-order valence-electron chi connectivity index (χ4n) is 2.29. The molecule has 3 aromatic heterocycles. The van der Waals surface area contributed by atoms with Gasteiger partial charge in [-0.05, 0) is 31.5 Å². The van der Waals surface area contributed by atoms with E-state index in [1.54, 1.807) is 25.4 Å². The maximum atomic E-state index is 11.5. The van der Waals surface area contributed by atoms with Gasteiger partial charge in [-0.3, -0.25) is 0 Å². The molecule has 0 unspecified atom stereocenters. The first-order chi connectivity index (χ1) is 11.0. The van der Waals surface area contributed by atoms with Crippen molar-refractivity contribution >= 4 is 22.8 Å². The normalized spacial score (nSPS) is 13.7. The highest BCUT2D eigenvalue weighted by Crippen LogP contribution is 2.26. The zero-order chi connectivity index (χ0) is 16.4. The summed E-state index contributed by atoms with van der Waals surface area (Å²) in [5.74, 6) is 0.375. The van der Waals surface area contributed by atoms with Gasteiger partial charge in [-0.1, -0.05) is 6.92 Å². The Morgan fingerprint density at radius 1 is 1.35 bits per heavy atom. The van der Waals surface area contributed by atoms with Crippen molar-refractivity contribution < 1.29 is 9.90 Å². The summed E-state index contributed by atoms with van der Waals surface area (Å²) in [6.45, 7) is 3.55. The highest BCUT2D eigenvalue weighted by atomic mass is 16.4. The van der Waals surface area contributed by atoms with Crippen LogP contribution in [0.15, 0.2) is 36.8 Å². The van der Waals surface area contributed by atoms with Crippen LogP contribution < -0.4 is 5.32 Å². The lowest BCUT2D eigenvalue weighted by molar-refractivity contribution is -0.141. The number of carbonyl (C=O) groups excluding carboxylic acids is 1. The van der Waals surface area contributed by atoms with Crippen molar-refractivity contribution in [3.63, 3.8) is 0 Å². The topological polar surface area (TPSA) is 106 Å². The van der Waals surface area contributed by atoms with Gasteiger partial charge in [-0.25, -0.2) is 15.0 Å². The SMILES string of the molecule is CC[C@@](C)(Nc1ccnc(-c2c[nH]c3ncccc23)n1)C(=O)[OH2+]. The second-order valence-corrected chi connectivity index (χ2v) is 5.51. The lowest BCUT2D eigenvalue weighted by atomic mass is 9.99. The van der Waals surface area contributed by atoms with E-state index in [0.717, 1.165) is 16.6 Å². The van der Waals surface area contributed by atoms with E-state index < -0.39 is 11.5 Å². The molecule has 118 valence electrons. The number of fused-ring (bicyclic) bond motifs is 1. The van der Waals surface area contributed by atoms with E-state index >= 15 is 0 Å². The number of anilines is 1. The van der Waals surface area contributed by atoms with Crippen LogP contribution in [0.2, 0.25) is 0 Å². The van der Waals surface area contributed by atoms with E-state index in [2.05, 4.69) is 25.3 Å². The maximum Gasteiger partial charge on any atom is 0.541 e. The number of aromatic amines is 1. The molecule has 0 aliphatic heterocycles. The molecule has 0 saturated carbocycles. The maximum absolute atomic E-state index is 11.5. The summed E-state index contributed by atoms with van der Waals surface area (Å²) in [5, 5.41) is 11.4. The van der Waals surface area contributed by atoms with Crippen LogP contribution in [0.3, 0.4) is 0 Å². The molecule has 0 fully saturated rings. The first kappa shape index (κ1) is 15.0. The van der Waals surface area contributed by atoms with Crippen LogP contribution >= 0.6 is 0 Å². The lowest BCUT2D eigenvalue weighted by Crippen LogP contribution is -2.42. The van der Waals surface area contributed by atoms with Crippen molar-refractivity contribution in [2.24, 2.45) is 0 Å². The predicted molar refractivity (Wildman–Crippen MR) is 88.1 cm³/mol. The van der Waals surface area contributed by atoms with Crippen molar-refractivity contribution in [2.45, 2.75) is 25.8 Å². The monoisotopic (exact) mass is 312 g/mol. The van der Waals surface area contributed by atoms with Crippen molar-refractivity contribution in [1.82, 2.24) is 19.9 Å². The molecule has 0 spiro atoms. The number of H-pyrrole nitrogens is 1. The number of nitrogens with zero attached hydrogens (tertiary/aromatic N) is 3. The van der Waals surface area contributed by atoms with Gasteiger partial charge >= 0.3 is 5.97 Å². The Labute approximate surface area is 132 Å². The third-order valence-electron chi connectivity index (χ3n) is 3.96. The minimum atomic E-state index is -0.965. The number of carbonyl (C=O) groups is 1. The molecule has 0 aliphatic rings. The fourth-order valence-corrected chi connectivity index (χ4v) is 2.29. The lowest BCUT2D eigenvalue weighted by Gasteiger charge is -2.21. The first-order valence-corrected chi connectivity index (χ1v) is 7.33. The van der Waals surface area contributed by atoms with Gasteiger partial charge < -0.3 is 15.4 Å². The minimum absolute atomic E-state index is 0.492. The van der Waals surface area contributed by atoms with Gasteiger partial charge in [0.2, 0.25) is 0 Å². The van der Waals surface area contributed by atoms with E-state index in [1.807, 2.05) is 25.3 Å². The summed E-state index contributed by atoms with van der Waals surface area (Å²) in [4.78, 5) is 27.7. The zero-order valence-corrected chi connectivity index (χ0v) is 12.9. The Morgan fingerprint density at radius 2 is 2.17 bits per heavy atom. The van der Waals surface area contributed by atoms with Gasteiger partial charge in [-0.2, -0.15) is 0 Å². The quantitative estimate of drug-likeness (QED) is 0.699. The molecule has 1 atom stereocenters. The van der Waals surface area contributed by atoms with E-state index in [0.29, 0.717) is 18.1 Å². The molecule has 0 amide bonds. The molecule has 3 aromatic rings. The summed E-state index contributed by atoms with van der Waals surface area (Å²) in [5.41, 5.74) is 0.643. The standard InChI is InChI=1S/C16H17N5O2/c1-3-16(2,15(22)23)21-12-6-8-18-14(20-12)11-9-19-13-10(11)5-4-7-17-13/h4-9H,3H2,1-2H3,(H,17,19)(H,22,23)(H,18,20,21)/p+1/t16-/m1/s1. The average Bonchev–Trinajstić information content (AvgIpc) is 2.99. The highest BCUT2D eigenvalue weighted by molar-refractivity contribution is 5.91. The molecule has 3 rings (SSSR count). The second kappa shape index (κ2) is 5.68. The molecule has 0 radical (unpaired) electrons. The average molecular weight is 312 g/mol. The van der Waals surface area contributed by atoms with Crippen molar-refractivity contribution in [3.8, 4) is 11.4 Å². The molecule has 0 saturated heterocycles. The van der Waals surface area contributed by atoms with Crippen LogP contribution in [-0.4, -0.2) is 36.6 Å². The third-order valence-corrected chi connectivity index (χ3v) is 3.96. The molecule has 3 heterocycles. The third kappa shape index (κ3) is 2.73. The molecule has 23 heavy (non-hydrogen) atoms. The number of hydrogen-bond donors (Lipinski definition) is 2. The molecule has 0 aromatic carbocycles. The molecule has 0 aliphatic carbocycles. The predicted octanol–water partition coefficient (Wildman–Crippen LogP) is 1.85. The van der Waals surface area contributed by atoms with E-state index in [-0.39, 0.29) is 0 Å². The van der Waals surface area contributed by atoms with Crippen molar-refractivity contribution in [3.05, 3.63) is 36.8 Å². The van der Waals surface area contributed by atoms with Crippen LogP contribution in [0.25, 0.3) is 22.4 Å². The minimum Gasteiger partial charge on any atom is -0.563 e. The first-order valence-electron chi connectivity index (χ1n) is 7.33. The van der Waals surface area contributed by atoms with Crippen LogP contribution in [0.5, 0.6) is 0 Å². The fraction of sp³-hybridized carbons (Fsp3) is 0.250. The summed E-state index contributed by atoms with van der Waals surface area (Å²) >= 11 is 0. The number of nitrogens with one attached hydrogen (secondary N) is 2. The number of pyridine rings is 1. The number of aromatic nitrogens is 4.